The standard InChI is InChI=1S/C22H25F3N2O2/c1-21(2)11-15-12-26-19(17(15)13-29-21)20(28)27-9-7-14(8-10-27)16-5-3-4-6-18(16)22(23,24)25/h3-6,14H,7-13H2,1-2H3. The third kappa shape index (κ3) is 3.97. The van der Waals surface area contributed by atoms with Crippen LogP contribution >= 0.6 is 0 Å². The van der Waals surface area contributed by atoms with Crippen LogP contribution in [0.3, 0.4) is 0 Å². The summed E-state index contributed by atoms with van der Waals surface area (Å²) in [6.07, 6.45) is -2.57. The third-order valence-electron chi connectivity index (χ3n) is 6.08. The summed E-state index contributed by atoms with van der Waals surface area (Å²) in [5.41, 5.74) is 2.07. The molecule has 156 valence electrons. The summed E-state index contributed by atoms with van der Waals surface area (Å²) in [4.78, 5) is 19.2. The van der Waals surface area contributed by atoms with Crippen LogP contribution in [0.1, 0.15) is 50.2 Å². The van der Waals surface area contributed by atoms with E-state index in [1.54, 1.807) is 17.0 Å². The smallest absolute Gasteiger partial charge is 0.370 e. The van der Waals surface area contributed by atoms with Gasteiger partial charge in [0.05, 0.1) is 24.3 Å². The quantitative estimate of drug-likeness (QED) is 0.732. The van der Waals surface area contributed by atoms with E-state index in [2.05, 4.69) is 4.99 Å². The fourth-order valence-electron chi connectivity index (χ4n) is 4.55. The van der Waals surface area contributed by atoms with Gasteiger partial charge in [-0.15, -0.1) is 0 Å². The maximum atomic E-state index is 13.3. The van der Waals surface area contributed by atoms with Crippen molar-refractivity contribution < 1.29 is 22.7 Å². The van der Waals surface area contributed by atoms with E-state index in [9.17, 15) is 18.0 Å². The van der Waals surface area contributed by atoms with Crippen molar-refractivity contribution in [3.8, 4) is 0 Å². The number of rotatable bonds is 2. The summed E-state index contributed by atoms with van der Waals surface area (Å²) in [6, 6.07) is 5.76. The van der Waals surface area contributed by atoms with E-state index in [1.165, 1.54) is 11.6 Å². The first-order valence-electron chi connectivity index (χ1n) is 10.0. The highest BCUT2D eigenvalue weighted by atomic mass is 19.4. The van der Waals surface area contributed by atoms with E-state index in [1.807, 2.05) is 13.8 Å². The molecule has 1 aromatic carbocycles. The topological polar surface area (TPSA) is 41.9 Å². The molecule has 0 saturated carbocycles. The normalized spacial score (nSPS) is 22.5. The van der Waals surface area contributed by atoms with Crippen LogP contribution in [0.4, 0.5) is 13.2 Å². The lowest BCUT2D eigenvalue weighted by Crippen LogP contribution is -2.43. The number of hydrogen-bond donors (Lipinski definition) is 0. The number of piperidine rings is 1. The summed E-state index contributed by atoms with van der Waals surface area (Å²) in [6.45, 7) is 5.86. The first-order valence-corrected chi connectivity index (χ1v) is 10.0. The zero-order chi connectivity index (χ0) is 20.8. The van der Waals surface area contributed by atoms with E-state index in [0.29, 0.717) is 50.4 Å². The fourth-order valence-corrected chi connectivity index (χ4v) is 4.55. The minimum absolute atomic E-state index is 0.124. The van der Waals surface area contributed by atoms with Crippen molar-refractivity contribution >= 4 is 11.6 Å². The predicted octanol–water partition coefficient (Wildman–Crippen LogP) is 4.36. The number of carbonyl (C=O) groups is 1. The molecule has 1 amide bonds. The Morgan fingerprint density at radius 1 is 1.21 bits per heavy atom. The van der Waals surface area contributed by atoms with Gasteiger partial charge < -0.3 is 9.64 Å². The van der Waals surface area contributed by atoms with Crippen molar-refractivity contribution in [1.82, 2.24) is 4.90 Å². The van der Waals surface area contributed by atoms with E-state index < -0.39 is 11.7 Å². The summed E-state index contributed by atoms with van der Waals surface area (Å²) in [5, 5.41) is 0. The lowest BCUT2D eigenvalue weighted by atomic mass is 9.86. The van der Waals surface area contributed by atoms with Crippen LogP contribution in [0.2, 0.25) is 0 Å². The number of aliphatic imine (C=N–C) groups is 1. The summed E-state index contributed by atoms with van der Waals surface area (Å²) in [5.74, 6) is -0.322. The molecule has 4 rings (SSSR count). The van der Waals surface area contributed by atoms with E-state index in [0.717, 1.165) is 18.1 Å². The Kier molecular flexibility index (Phi) is 5.05. The molecule has 1 fully saturated rings. The molecular weight excluding hydrogens is 381 g/mol. The van der Waals surface area contributed by atoms with Gasteiger partial charge in [-0.1, -0.05) is 18.2 Å². The maximum Gasteiger partial charge on any atom is 0.416 e. The molecule has 4 nitrogen and oxygen atoms in total. The van der Waals surface area contributed by atoms with Gasteiger partial charge in [-0.3, -0.25) is 9.79 Å². The molecule has 3 aliphatic heterocycles. The Bertz CT molecular complexity index is 878. The number of halogens is 3. The van der Waals surface area contributed by atoms with Crippen molar-refractivity contribution in [2.45, 2.75) is 50.8 Å². The van der Waals surface area contributed by atoms with E-state index in [-0.39, 0.29) is 17.4 Å². The Hall–Kier alpha value is -2.15. The fraction of sp³-hybridized carbons (Fsp3) is 0.545. The van der Waals surface area contributed by atoms with Gasteiger partial charge in [0, 0.05) is 18.7 Å². The molecule has 0 spiro atoms. The van der Waals surface area contributed by atoms with Crippen LogP contribution in [0.5, 0.6) is 0 Å². The molecule has 0 bridgehead atoms. The monoisotopic (exact) mass is 406 g/mol. The number of amides is 1. The molecule has 1 saturated heterocycles. The number of nitrogens with zero attached hydrogens (tertiary/aromatic N) is 2. The number of carbonyl (C=O) groups excluding carboxylic acids is 1. The lowest BCUT2D eigenvalue weighted by molar-refractivity contribution is -0.138. The zero-order valence-corrected chi connectivity index (χ0v) is 16.7. The van der Waals surface area contributed by atoms with Gasteiger partial charge in [0.15, 0.2) is 0 Å². The largest absolute Gasteiger partial charge is 0.416 e. The van der Waals surface area contributed by atoms with Crippen LogP contribution in [0, 0.1) is 0 Å². The first-order chi connectivity index (χ1) is 13.7. The van der Waals surface area contributed by atoms with Crippen molar-refractivity contribution in [2.75, 3.05) is 26.2 Å². The van der Waals surface area contributed by atoms with Crippen molar-refractivity contribution in [1.29, 1.82) is 0 Å². The molecule has 0 radical (unpaired) electrons. The van der Waals surface area contributed by atoms with Crippen molar-refractivity contribution in [3.05, 3.63) is 46.5 Å². The van der Waals surface area contributed by atoms with Gasteiger partial charge in [-0.2, -0.15) is 13.2 Å². The zero-order valence-electron chi connectivity index (χ0n) is 16.7. The molecule has 0 aromatic heterocycles. The van der Waals surface area contributed by atoms with Gasteiger partial charge in [0.2, 0.25) is 0 Å². The van der Waals surface area contributed by atoms with Crippen molar-refractivity contribution in [3.63, 3.8) is 0 Å². The van der Waals surface area contributed by atoms with Crippen LogP contribution in [0.15, 0.2) is 40.4 Å². The minimum atomic E-state index is -4.36. The van der Waals surface area contributed by atoms with Gasteiger partial charge in [0.25, 0.3) is 5.91 Å². The van der Waals surface area contributed by atoms with Gasteiger partial charge in [-0.25, -0.2) is 0 Å². The second-order valence-electron chi connectivity index (χ2n) is 8.62. The summed E-state index contributed by atoms with van der Waals surface area (Å²) < 4.78 is 45.8. The Labute approximate surface area is 168 Å². The summed E-state index contributed by atoms with van der Waals surface area (Å²) >= 11 is 0. The van der Waals surface area contributed by atoms with E-state index >= 15 is 0 Å². The number of ether oxygens (including phenoxy) is 1. The second kappa shape index (κ2) is 7.27. The number of alkyl halides is 3. The average Bonchev–Trinajstić information content (AvgIpc) is 3.08. The van der Waals surface area contributed by atoms with Crippen LogP contribution in [-0.4, -0.2) is 48.4 Å². The third-order valence-corrected chi connectivity index (χ3v) is 6.08. The number of likely N-dealkylation sites (tertiary alicyclic amines) is 1. The van der Waals surface area contributed by atoms with Gasteiger partial charge in [-0.05, 0) is 56.2 Å². The predicted molar refractivity (Wildman–Crippen MR) is 104 cm³/mol. The molecule has 3 aliphatic rings. The van der Waals surface area contributed by atoms with Crippen LogP contribution < -0.4 is 0 Å². The van der Waals surface area contributed by atoms with Gasteiger partial charge >= 0.3 is 6.18 Å². The molecule has 0 atom stereocenters. The molecule has 0 unspecified atom stereocenters. The molecule has 3 heterocycles. The minimum Gasteiger partial charge on any atom is -0.370 e. The number of benzene rings is 1. The highest BCUT2D eigenvalue weighted by molar-refractivity contribution is 6.46. The SMILES string of the molecule is CC1(C)CC2=C(CO1)C(C(=O)N1CCC(c3ccccc3C(F)(F)F)CC1)=NC2. The molecule has 29 heavy (non-hydrogen) atoms. The molecule has 0 aliphatic carbocycles. The second-order valence-corrected chi connectivity index (χ2v) is 8.62. The molecule has 1 aromatic rings. The molecule has 0 N–H and O–H groups in total. The Morgan fingerprint density at radius 3 is 2.59 bits per heavy atom. The molecular formula is C22H25F3N2O2. The van der Waals surface area contributed by atoms with Crippen LogP contribution in [0.25, 0.3) is 0 Å². The average molecular weight is 406 g/mol. The van der Waals surface area contributed by atoms with E-state index in [4.69, 9.17) is 4.74 Å². The molecule has 7 heteroatoms. The number of hydrogen-bond acceptors (Lipinski definition) is 3. The highest BCUT2D eigenvalue weighted by Gasteiger charge is 2.38. The Balaban J connectivity index is 1.44. The summed E-state index contributed by atoms with van der Waals surface area (Å²) in [7, 11) is 0. The van der Waals surface area contributed by atoms with Crippen molar-refractivity contribution in [2.24, 2.45) is 4.99 Å². The van der Waals surface area contributed by atoms with Gasteiger partial charge in [0.1, 0.15) is 5.71 Å². The lowest BCUT2D eigenvalue weighted by Gasteiger charge is -2.34. The van der Waals surface area contributed by atoms with Crippen LogP contribution in [-0.2, 0) is 15.7 Å². The Morgan fingerprint density at radius 2 is 1.90 bits per heavy atom. The first kappa shape index (κ1) is 20.1. The maximum absolute atomic E-state index is 13.3. The highest BCUT2D eigenvalue weighted by Crippen LogP contribution is 2.39.